The van der Waals surface area contributed by atoms with Crippen LogP contribution in [0.5, 0.6) is 0 Å². The van der Waals surface area contributed by atoms with Crippen molar-refractivity contribution < 1.29 is 9.59 Å². The van der Waals surface area contributed by atoms with Crippen LogP contribution in [0.3, 0.4) is 0 Å². The molecule has 0 heterocycles. The Bertz CT molecular complexity index is 306. The number of nitrogens with zero attached hydrogens (tertiary/aromatic N) is 2. The number of amides is 2. The van der Waals surface area contributed by atoms with Gasteiger partial charge in [-0.3, -0.25) is 9.59 Å². The van der Waals surface area contributed by atoms with E-state index in [1.807, 2.05) is 16.7 Å². The van der Waals surface area contributed by atoms with E-state index in [1.54, 1.807) is 0 Å². The van der Waals surface area contributed by atoms with Crippen LogP contribution in [0.1, 0.15) is 73.1 Å². The van der Waals surface area contributed by atoms with Gasteiger partial charge in [-0.2, -0.15) is 0 Å². The minimum Gasteiger partial charge on any atom is -0.343 e. The van der Waals surface area contributed by atoms with Crippen molar-refractivity contribution in [3.05, 3.63) is 0 Å². The Balaban J connectivity index is 4.78. The highest BCUT2D eigenvalue weighted by Crippen LogP contribution is 2.16. The highest BCUT2D eigenvalue weighted by molar-refractivity contribution is 5.85. The SMILES string of the molecule is CCCN(CCC)C(=O)CC(CC)C(=O)N(CCC)CCC. The van der Waals surface area contributed by atoms with Crippen molar-refractivity contribution in [2.24, 2.45) is 5.92 Å². The van der Waals surface area contributed by atoms with E-state index >= 15 is 0 Å². The summed E-state index contributed by atoms with van der Waals surface area (Å²) in [4.78, 5) is 29.0. The standard InChI is InChI=1S/C18H36N2O2/c1-6-11-19(12-7-2)17(21)15-16(10-5)18(22)20(13-8-3)14-9-4/h16H,6-15H2,1-5H3. The van der Waals surface area contributed by atoms with E-state index in [2.05, 4.69) is 27.7 Å². The molecule has 0 fully saturated rings. The fourth-order valence-corrected chi connectivity index (χ4v) is 2.78. The molecule has 0 aliphatic carbocycles. The highest BCUT2D eigenvalue weighted by Gasteiger charge is 2.26. The van der Waals surface area contributed by atoms with E-state index in [4.69, 9.17) is 0 Å². The summed E-state index contributed by atoms with van der Waals surface area (Å²) in [7, 11) is 0. The van der Waals surface area contributed by atoms with E-state index in [1.165, 1.54) is 0 Å². The van der Waals surface area contributed by atoms with Gasteiger partial charge >= 0.3 is 0 Å². The molecule has 0 aromatic rings. The van der Waals surface area contributed by atoms with Gasteiger partial charge in [-0.05, 0) is 32.1 Å². The molecule has 0 aromatic heterocycles. The molecule has 1 unspecified atom stereocenters. The average molecular weight is 312 g/mol. The maximum atomic E-state index is 12.7. The van der Waals surface area contributed by atoms with Gasteiger partial charge in [-0.25, -0.2) is 0 Å². The van der Waals surface area contributed by atoms with Gasteiger partial charge in [0.15, 0.2) is 0 Å². The topological polar surface area (TPSA) is 40.6 Å². The molecule has 0 spiro atoms. The van der Waals surface area contributed by atoms with Gasteiger partial charge in [-0.1, -0.05) is 34.6 Å². The Morgan fingerprint density at radius 1 is 0.727 bits per heavy atom. The minimum absolute atomic E-state index is 0.136. The van der Waals surface area contributed by atoms with Crippen molar-refractivity contribution in [2.45, 2.75) is 73.1 Å². The second-order valence-corrected chi connectivity index (χ2v) is 6.02. The van der Waals surface area contributed by atoms with Crippen LogP contribution in [0.2, 0.25) is 0 Å². The van der Waals surface area contributed by atoms with Crippen molar-refractivity contribution in [3.8, 4) is 0 Å². The van der Waals surface area contributed by atoms with Gasteiger partial charge in [0.2, 0.25) is 11.8 Å². The number of carbonyl (C=O) groups is 2. The van der Waals surface area contributed by atoms with Crippen molar-refractivity contribution in [1.82, 2.24) is 9.80 Å². The van der Waals surface area contributed by atoms with Gasteiger partial charge in [0.25, 0.3) is 0 Å². The van der Waals surface area contributed by atoms with Crippen molar-refractivity contribution in [3.63, 3.8) is 0 Å². The first kappa shape index (κ1) is 20.9. The Hall–Kier alpha value is -1.06. The lowest BCUT2D eigenvalue weighted by Gasteiger charge is -2.28. The van der Waals surface area contributed by atoms with E-state index in [9.17, 15) is 9.59 Å². The molecule has 0 saturated heterocycles. The summed E-state index contributed by atoms with van der Waals surface area (Å²) in [6.45, 7) is 13.5. The summed E-state index contributed by atoms with van der Waals surface area (Å²) < 4.78 is 0. The van der Waals surface area contributed by atoms with Crippen LogP contribution in [-0.4, -0.2) is 47.8 Å². The number of carbonyl (C=O) groups excluding carboxylic acids is 2. The molecule has 130 valence electrons. The molecule has 0 saturated carbocycles. The van der Waals surface area contributed by atoms with Crippen LogP contribution in [0, 0.1) is 5.92 Å². The van der Waals surface area contributed by atoms with Crippen molar-refractivity contribution >= 4 is 11.8 Å². The smallest absolute Gasteiger partial charge is 0.226 e. The fourth-order valence-electron chi connectivity index (χ4n) is 2.78. The van der Waals surface area contributed by atoms with E-state index in [0.717, 1.165) is 58.3 Å². The zero-order chi connectivity index (χ0) is 17.0. The predicted octanol–water partition coefficient (Wildman–Crippen LogP) is 3.70. The monoisotopic (exact) mass is 312 g/mol. The first-order valence-corrected chi connectivity index (χ1v) is 9.11. The quantitative estimate of drug-likeness (QED) is 0.551. The molecule has 0 radical (unpaired) electrons. The third-order valence-electron chi connectivity index (χ3n) is 3.90. The van der Waals surface area contributed by atoms with Crippen LogP contribution in [0.25, 0.3) is 0 Å². The number of rotatable bonds is 12. The molecular weight excluding hydrogens is 276 g/mol. The zero-order valence-corrected chi connectivity index (χ0v) is 15.4. The van der Waals surface area contributed by atoms with Crippen molar-refractivity contribution in [2.75, 3.05) is 26.2 Å². The van der Waals surface area contributed by atoms with E-state index < -0.39 is 0 Å². The van der Waals surface area contributed by atoms with Gasteiger partial charge < -0.3 is 9.80 Å². The normalized spacial score (nSPS) is 12.0. The third kappa shape index (κ3) is 7.28. The van der Waals surface area contributed by atoms with Crippen LogP contribution in [-0.2, 0) is 9.59 Å². The molecule has 0 aliphatic rings. The lowest BCUT2D eigenvalue weighted by atomic mass is 9.99. The second-order valence-electron chi connectivity index (χ2n) is 6.02. The summed E-state index contributed by atoms with van der Waals surface area (Å²) in [6.07, 6.45) is 4.96. The van der Waals surface area contributed by atoms with E-state index in [0.29, 0.717) is 6.42 Å². The predicted molar refractivity (Wildman–Crippen MR) is 92.7 cm³/mol. The Labute approximate surface area is 137 Å². The summed E-state index contributed by atoms with van der Waals surface area (Å²) >= 11 is 0. The number of hydrogen-bond acceptors (Lipinski definition) is 2. The lowest BCUT2D eigenvalue weighted by Crippen LogP contribution is -2.40. The van der Waals surface area contributed by atoms with Gasteiger partial charge in [0, 0.05) is 38.5 Å². The number of hydrogen-bond donors (Lipinski definition) is 0. The molecule has 22 heavy (non-hydrogen) atoms. The molecule has 0 N–H and O–H groups in total. The van der Waals surface area contributed by atoms with Crippen LogP contribution >= 0.6 is 0 Å². The highest BCUT2D eigenvalue weighted by atomic mass is 16.2. The largest absolute Gasteiger partial charge is 0.343 e. The molecule has 0 rings (SSSR count). The maximum Gasteiger partial charge on any atom is 0.226 e. The van der Waals surface area contributed by atoms with Crippen LogP contribution < -0.4 is 0 Å². The Morgan fingerprint density at radius 2 is 1.14 bits per heavy atom. The van der Waals surface area contributed by atoms with Gasteiger partial charge in [-0.15, -0.1) is 0 Å². The third-order valence-corrected chi connectivity index (χ3v) is 3.90. The average Bonchev–Trinajstić information content (AvgIpc) is 2.51. The van der Waals surface area contributed by atoms with Gasteiger partial charge in [0.05, 0.1) is 0 Å². The molecule has 0 aromatic carbocycles. The summed E-state index contributed by atoms with van der Waals surface area (Å²) in [6, 6.07) is 0. The summed E-state index contributed by atoms with van der Waals surface area (Å²) in [5, 5.41) is 0. The van der Waals surface area contributed by atoms with Crippen molar-refractivity contribution in [1.29, 1.82) is 0 Å². The van der Waals surface area contributed by atoms with Gasteiger partial charge in [0.1, 0.15) is 0 Å². The molecule has 1 atom stereocenters. The first-order valence-electron chi connectivity index (χ1n) is 9.11. The Morgan fingerprint density at radius 3 is 1.50 bits per heavy atom. The molecule has 0 aliphatic heterocycles. The first-order chi connectivity index (χ1) is 10.5. The molecule has 2 amide bonds. The zero-order valence-electron chi connectivity index (χ0n) is 15.4. The maximum absolute atomic E-state index is 12.7. The van der Waals surface area contributed by atoms with Crippen LogP contribution in [0.15, 0.2) is 0 Å². The molecular formula is C18H36N2O2. The lowest BCUT2D eigenvalue weighted by molar-refractivity contribution is -0.141. The second kappa shape index (κ2) is 12.5. The minimum atomic E-state index is -0.165. The summed E-state index contributed by atoms with van der Waals surface area (Å²) in [5.41, 5.74) is 0. The molecule has 4 nitrogen and oxygen atoms in total. The fraction of sp³-hybridized carbons (Fsp3) is 0.889. The molecule has 0 bridgehead atoms. The van der Waals surface area contributed by atoms with E-state index in [-0.39, 0.29) is 17.7 Å². The summed E-state index contributed by atoms with van der Waals surface area (Å²) in [5.74, 6) is 0.131. The Kier molecular flexibility index (Phi) is 11.9. The molecule has 4 heteroatoms. The van der Waals surface area contributed by atoms with Crippen LogP contribution in [0.4, 0.5) is 0 Å².